The van der Waals surface area contributed by atoms with E-state index in [0.717, 1.165) is 6.42 Å². The van der Waals surface area contributed by atoms with Crippen LogP contribution >= 0.6 is 23.2 Å². The average Bonchev–Trinajstić information content (AvgIpc) is 3.03. The summed E-state index contributed by atoms with van der Waals surface area (Å²) in [5.74, 6) is -2.55. The highest BCUT2D eigenvalue weighted by Gasteiger charge is 2.51. The first-order valence-corrected chi connectivity index (χ1v) is 7.40. The lowest BCUT2D eigenvalue weighted by Crippen LogP contribution is -2.36. The summed E-state index contributed by atoms with van der Waals surface area (Å²) in [5, 5.41) is 12.9. The number of allylic oxidation sites excluding steroid dienone is 2. The van der Waals surface area contributed by atoms with Crippen LogP contribution in [0.3, 0.4) is 0 Å². The van der Waals surface area contributed by atoms with Crippen LogP contribution in [0.1, 0.15) is 6.42 Å². The minimum absolute atomic E-state index is 0.0194. The number of anilines is 1. The summed E-state index contributed by atoms with van der Waals surface area (Å²) in [7, 11) is 0. The lowest BCUT2D eigenvalue weighted by molar-refractivity contribution is -0.146. The molecule has 2 bridgehead atoms. The largest absolute Gasteiger partial charge is 0.481 e. The number of benzene rings is 1. The monoisotopic (exact) mass is 325 g/mol. The quantitative estimate of drug-likeness (QED) is 0.836. The number of rotatable bonds is 3. The zero-order valence-electron chi connectivity index (χ0n) is 10.9. The van der Waals surface area contributed by atoms with Crippen LogP contribution in [0.25, 0.3) is 0 Å². The van der Waals surface area contributed by atoms with E-state index < -0.39 is 17.8 Å². The molecule has 1 aromatic rings. The number of nitrogens with one attached hydrogen (secondary N) is 1. The molecule has 1 saturated carbocycles. The lowest BCUT2D eigenvalue weighted by Gasteiger charge is -2.24. The number of hydrogen-bond donors (Lipinski definition) is 2. The number of carboxylic acid groups (broad SMARTS) is 1. The molecule has 2 N–H and O–H groups in total. The molecular formula is C15H13Cl2NO3. The highest BCUT2D eigenvalue weighted by molar-refractivity contribution is 6.35. The Morgan fingerprint density at radius 1 is 1.14 bits per heavy atom. The fourth-order valence-corrected chi connectivity index (χ4v) is 3.66. The molecule has 2 aliphatic rings. The third kappa shape index (κ3) is 2.54. The van der Waals surface area contributed by atoms with Crippen molar-refractivity contribution < 1.29 is 14.7 Å². The summed E-state index contributed by atoms with van der Waals surface area (Å²) in [6.07, 6.45) is 4.56. The van der Waals surface area contributed by atoms with Gasteiger partial charge in [0.25, 0.3) is 0 Å². The van der Waals surface area contributed by atoms with E-state index in [1.54, 1.807) is 18.2 Å². The SMILES string of the molecule is O=C(O)[C@H]1[C@H](C(=O)Nc2cc(Cl)ccc2Cl)[C@H]2C=C[C@@H]1C2. The second kappa shape index (κ2) is 5.35. The summed E-state index contributed by atoms with van der Waals surface area (Å²) >= 11 is 11.9. The number of fused-ring (bicyclic) bond motifs is 2. The molecule has 0 saturated heterocycles. The van der Waals surface area contributed by atoms with Crippen molar-refractivity contribution in [2.75, 3.05) is 5.32 Å². The molecule has 4 atom stereocenters. The first-order chi connectivity index (χ1) is 9.97. The maximum atomic E-state index is 12.5. The molecule has 3 rings (SSSR count). The van der Waals surface area contributed by atoms with Crippen LogP contribution in [0.2, 0.25) is 10.0 Å². The van der Waals surface area contributed by atoms with E-state index in [0.29, 0.717) is 15.7 Å². The Hall–Kier alpha value is -1.52. The van der Waals surface area contributed by atoms with E-state index >= 15 is 0 Å². The lowest BCUT2D eigenvalue weighted by atomic mass is 9.82. The Balaban J connectivity index is 1.83. The van der Waals surface area contributed by atoms with Gasteiger partial charge in [0.1, 0.15) is 0 Å². The molecule has 4 nitrogen and oxygen atoms in total. The maximum Gasteiger partial charge on any atom is 0.307 e. The van der Waals surface area contributed by atoms with Gasteiger partial charge in [-0.25, -0.2) is 0 Å². The normalized spacial score (nSPS) is 29.6. The summed E-state index contributed by atoms with van der Waals surface area (Å²) in [6.45, 7) is 0. The summed E-state index contributed by atoms with van der Waals surface area (Å²) < 4.78 is 0. The van der Waals surface area contributed by atoms with Gasteiger partial charge >= 0.3 is 5.97 Å². The molecule has 0 heterocycles. The number of carboxylic acids is 1. The van der Waals surface area contributed by atoms with E-state index in [4.69, 9.17) is 23.2 Å². The molecule has 0 unspecified atom stereocenters. The third-order valence-electron chi connectivity index (χ3n) is 4.23. The molecule has 110 valence electrons. The van der Waals surface area contributed by atoms with Gasteiger partial charge in [0.15, 0.2) is 0 Å². The van der Waals surface area contributed by atoms with Crippen molar-refractivity contribution in [2.24, 2.45) is 23.7 Å². The van der Waals surface area contributed by atoms with E-state index in [9.17, 15) is 14.7 Å². The second-order valence-electron chi connectivity index (χ2n) is 5.45. The molecule has 0 radical (unpaired) electrons. The number of amides is 1. The van der Waals surface area contributed by atoms with Crippen molar-refractivity contribution in [3.63, 3.8) is 0 Å². The smallest absolute Gasteiger partial charge is 0.307 e. The van der Waals surface area contributed by atoms with Gasteiger partial charge in [-0.05, 0) is 36.5 Å². The van der Waals surface area contributed by atoms with Gasteiger partial charge in [0.2, 0.25) is 5.91 Å². The van der Waals surface area contributed by atoms with Crippen molar-refractivity contribution >= 4 is 40.8 Å². The van der Waals surface area contributed by atoms with Crippen LogP contribution in [0.15, 0.2) is 30.4 Å². The van der Waals surface area contributed by atoms with E-state index in [2.05, 4.69) is 5.32 Å². The van der Waals surface area contributed by atoms with Crippen molar-refractivity contribution in [3.05, 3.63) is 40.4 Å². The molecule has 1 aromatic carbocycles. The Morgan fingerprint density at radius 3 is 2.48 bits per heavy atom. The first-order valence-electron chi connectivity index (χ1n) is 6.64. The van der Waals surface area contributed by atoms with Gasteiger partial charge in [-0.3, -0.25) is 9.59 Å². The van der Waals surface area contributed by atoms with Crippen LogP contribution in [0, 0.1) is 23.7 Å². The van der Waals surface area contributed by atoms with E-state index in [1.807, 2.05) is 12.2 Å². The van der Waals surface area contributed by atoms with Crippen molar-refractivity contribution in [3.8, 4) is 0 Å². The molecule has 6 heteroatoms. The molecular weight excluding hydrogens is 313 g/mol. The average molecular weight is 326 g/mol. The predicted octanol–water partition coefficient (Wildman–Crippen LogP) is 3.45. The van der Waals surface area contributed by atoms with Crippen LogP contribution in [-0.2, 0) is 9.59 Å². The summed E-state index contributed by atoms with van der Waals surface area (Å²) in [5.41, 5.74) is 0.407. The highest BCUT2D eigenvalue weighted by Crippen LogP contribution is 2.48. The van der Waals surface area contributed by atoms with Gasteiger partial charge in [-0.2, -0.15) is 0 Å². The van der Waals surface area contributed by atoms with Crippen LogP contribution in [0.4, 0.5) is 5.69 Å². The minimum Gasteiger partial charge on any atom is -0.481 e. The van der Waals surface area contributed by atoms with Crippen molar-refractivity contribution in [1.29, 1.82) is 0 Å². The van der Waals surface area contributed by atoms with Crippen LogP contribution in [-0.4, -0.2) is 17.0 Å². The Labute approximate surface area is 131 Å². The molecule has 0 aromatic heterocycles. The highest BCUT2D eigenvalue weighted by atomic mass is 35.5. The number of carbonyl (C=O) groups is 2. The fraction of sp³-hybridized carbons (Fsp3) is 0.333. The molecule has 1 amide bonds. The van der Waals surface area contributed by atoms with E-state index in [1.165, 1.54) is 0 Å². The zero-order valence-corrected chi connectivity index (χ0v) is 12.4. The fourth-order valence-electron chi connectivity index (χ4n) is 3.33. The maximum absolute atomic E-state index is 12.5. The predicted molar refractivity (Wildman–Crippen MR) is 80.4 cm³/mol. The van der Waals surface area contributed by atoms with Gasteiger partial charge in [0, 0.05) is 5.02 Å². The van der Waals surface area contributed by atoms with Gasteiger partial charge < -0.3 is 10.4 Å². The number of aliphatic carboxylic acids is 1. The standard InChI is InChI=1S/C15H13Cl2NO3/c16-9-3-4-10(17)11(6-9)18-14(19)12-7-1-2-8(5-7)13(12)15(20)21/h1-4,6-8,12-13H,5H2,(H,18,19)(H,20,21)/t7-,8+,12+,13+/m0/s1. The van der Waals surface area contributed by atoms with Crippen molar-refractivity contribution in [2.45, 2.75) is 6.42 Å². The number of halogens is 2. The third-order valence-corrected chi connectivity index (χ3v) is 4.80. The Morgan fingerprint density at radius 2 is 1.81 bits per heavy atom. The molecule has 21 heavy (non-hydrogen) atoms. The van der Waals surface area contributed by atoms with Gasteiger partial charge in [-0.15, -0.1) is 0 Å². The van der Waals surface area contributed by atoms with E-state index in [-0.39, 0.29) is 17.7 Å². The summed E-state index contributed by atoms with van der Waals surface area (Å²) in [4.78, 5) is 23.9. The second-order valence-corrected chi connectivity index (χ2v) is 6.30. The summed E-state index contributed by atoms with van der Waals surface area (Å²) in [6, 6.07) is 4.77. The number of hydrogen-bond acceptors (Lipinski definition) is 2. The Kier molecular flexibility index (Phi) is 3.68. The first kappa shape index (κ1) is 14.4. The molecule has 0 spiro atoms. The molecule has 2 aliphatic carbocycles. The molecule has 1 fully saturated rings. The van der Waals surface area contributed by atoms with Crippen molar-refractivity contribution in [1.82, 2.24) is 0 Å². The topological polar surface area (TPSA) is 66.4 Å². The van der Waals surface area contributed by atoms with Gasteiger partial charge in [0.05, 0.1) is 22.5 Å². The minimum atomic E-state index is -0.927. The van der Waals surface area contributed by atoms with Gasteiger partial charge in [-0.1, -0.05) is 35.4 Å². The molecule has 0 aliphatic heterocycles. The van der Waals surface area contributed by atoms with Crippen LogP contribution in [0.5, 0.6) is 0 Å². The number of carbonyl (C=O) groups excluding carboxylic acids is 1. The zero-order chi connectivity index (χ0) is 15.1. The Bertz CT molecular complexity index is 644. The van der Waals surface area contributed by atoms with Crippen LogP contribution < -0.4 is 5.32 Å².